The first-order valence-corrected chi connectivity index (χ1v) is 6.46. The van der Waals surface area contributed by atoms with Crippen LogP contribution in [0.15, 0.2) is 24.3 Å². The summed E-state index contributed by atoms with van der Waals surface area (Å²) >= 11 is 0. The van der Waals surface area contributed by atoms with E-state index >= 15 is 0 Å². The Morgan fingerprint density at radius 1 is 1.12 bits per heavy atom. The predicted molar refractivity (Wildman–Crippen MR) is 67.0 cm³/mol. The fraction of sp³-hybridized carbons (Fsp3) is 0.533. The minimum atomic E-state index is -0.244. The molecule has 0 aromatic heterocycles. The number of hydrogen-bond acceptors (Lipinski definition) is 1. The van der Waals surface area contributed by atoms with E-state index in [1.165, 1.54) is 11.1 Å². The highest BCUT2D eigenvalue weighted by Gasteiger charge is 2.19. The van der Waals surface area contributed by atoms with Gasteiger partial charge in [-0.3, -0.25) is 9.18 Å². The fourth-order valence-electron chi connectivity index (χ4n) is 2.50. The van der Waals surface area contributed by atoms with E-state index in [-0.39, 0.29) is 6.67 Å². The maximum absolute atomic E-state index is 12.1. The smallest absolute Gasteiger partial charge is 0.132 e. The van der Waals surface area contributed by atoms with Crippen LogP contribution in [0.25, 0.3) is 0 Å². The summed E-state index contributed by atoms with van der Waals surface area (Å²) in [6.45, 7) is -0.244. The van der Waals surface area contributed by atoms with Gasteiger partial charge in [-0.05, 0) is 42.7 Å². The molecule has 1 aliphatic rings. The van der Waals surface area contributed by atoms with E-state index in [0.29, 0.717) is 18.1 Å². The Balaban J connectivity index is 1.95. The molecule has 1 saturated carbocycles. The quantitative estimate of drug-likeness (QED) is 0.774. The van der Waals surface area contributed by atoms with Crippen LogP contribution < -0.4 is 0 Å². The molecular formula is C15H19FO. The third-order valence-electron chi connectivity index (χ3n) is 3.59. The summed E-state index contributed by atoms with van der Waals surface area (Å²) in [5.74, 6) is 0.948. The second-order valence-corrected chi connectivity index (χ2v) is 4.85. The Morgan fingerprint density at radius 2 is 1.76 bits per heavy atom. The van der Waals surface area contributed by atoms with Gasteiger partial charge in [0.25, 0.3) is 0 Å². The van der Waals surface area contributed by atoms with Gasteiger partial charge in [0, 0.05) is 12.8 Å². The minimum Gasteiger partial charge on any atom is -0.300 e. The van der Waals surface area contributed by atoms with Crippen LogP contribution in [0.4, 0.5) is 4.39 Å². The second kappa shape index (κ2) is 5.95. The molecule has 17 heavy (non-hydrogen) atoms. The van der Waals surface area contributed by atoms with E-state index in [2.05, 4.69) is 24.3 Å². The predicted octanol–water partition coefficient (Wildman–Crippen LogP) is 3.82. The number of Topliss-reactive ketones (excluding diaryl/α,β-unsaturated/α-hetero) is 1. The number of alkyl halides is 1. The monoisotopic (exact) mass is 234 g/mol. The molecule has 0 spiro atoms. The van der Waals surface area contributed by atoms with Crippen LogP contribution in [-0.4, -0.2) is 12.5 Å². The zero-order chi connectivity index (χ0) is 12.1. The third kappa shape index (κ3) is 3.39. The Morgan fingerprint density at radius 3 is 2.35 bits per heavy atom. The summed E-state index contributed by atoms with van der Waals surface area (Å²) < 4.78 is 12.1. The van der Waals surface area contributed by atoms with E-state index in [4.69, 9.17) is 0 Å². The fourth-order valence-corrected chi connectivity index (χ4v) is 2.50. The van der Waals surface area contributed by atoms with Crippen molar-refractivity contribution in [3.63, 3.8) is 0 Å². The van der Waals surface area contributed by atoms with Gasteiger partial charge in [-0.25, -0.2) is 0 Å². The van der Waals surface area contributed by atoms with Crippen LogP contribution in [0.1, 0.15) is 49.1 Å². The lowest BCUT2D eigenvalue weighted by Gasteiger charge is -2.21. The van der Waals surface area contributed by atoms with Crippen LogP contribution in [0.5, 0.6) is 0 Å². The number of hydrogen-bond donors (Lipinski definition) is 0. The normalized spacial score (nSPS) is 17.4. The lowest BCUT2D eigenvalue weighted by Crippen LogP contribution is -2.12. The van der Waals surface area contributed by atoms with Crippen molar-refractivity contribution in [3.8, 4) is 0 Å². The molecular weight excluding hydrogens is 215 g/mol. The highest BCUT2D eigenvalue weighted by Crippen LogP contribution is 2.31. The molecule has 2 rings (SSSR count). The van der Waals surface area contributed by atoms with E-state index in [1.807, 2.05) is 0 Å². The molecule has 1 fully saturated rings. The number of carbonyl (C=O) groups is 1. The van der Waals surface area contributed by atoms with Crippen molar-refractivity contribution in [1.29, 1.82) is 0 Å². The van der Waals surface area contributed by atoms with Crippen LogP contribution in [0.3, 0.4) is 0 Å². The van der Waals surface area contributed by atoms with E-state index < -0.39 is 0 Å². The van der Waals surface area contributed by atoms with Gasteiger partial charge in [0.2, 0.25) is 0 Å². The summed E-state index contributed by atoms with van der Waals surface area (Å²) in [6, 6.07) is 8.49. The van der Waals surface area contributed by atoms with Crippen LogP contribution in [-0.2, 0) is 11.2 Å². The molecule has 0 saturated heterocycles. The van der Waals surface area contributed by atoms with Crippen LogP contribution in [0.2, 0.25) is 0 Å². The van der Waals surface area contributed by atoms with E-state index in [1.54, 1.807) is 0 Å². The molecule has 2 heteroatoms. The van der Waals surface area contributed by atoms with Gasteiger partial charge in [-0.1, -0.05) is 24.3 Å². The van der Waals surface area contributed by atoms with Crippen LogP contribution >= 0.6 is 0 Å². The van der Waals surface area contributed by atoms with Gasteiger partial charge < -0.3 is 0 Å². The molecule has 0 unspecified atom stereocenters. The first kappa shape index (κ1) is 12.3. The van der Waals surface area contributed by atoms with Gasteiger partial charge in [0.1, 0.15) is 5.78 Å². The highest BCUT2D eigenvalue weighted by atomic mass is 19.1. The SMILES string of the molecule is O=C1CCC(c2ccc(CCCF)cc2)CC1. The number of ketones is 1. The summed E-state index contributed by atoms with van der Waals surface area (Å²) in [4.78, 5) is 11.2. The molecule has 1 aliphatic carbocycles. The Labute approximate surface area is 102 Å². The van der Waals surface area contributed by atoms with E-state index in [0.717, 1.165) is 32.1 Å². The third-order valence-corrected chi connectivity index (χ3v) is 3.59. The molecule has 0 atom stereocenters. The summed E-state index contributed by atoms with van der Waals surface area (Å²) in [6.07, 6.45) is 4.87. The first-order valence-electron chi connectivity index (χ1n) is 6.46. The Hall–Kier alpha value is -1.18. The number of aryl methyl sites for hydroxylation is 1. The van der Waals surface area contributed by atoms with Crippen molar-refractivity contribution < 1.29 is 9.18 Å². The summed E-state index contributed by atoms with van der Waals surface area (Å²) in [5.41, 5.74) is 2.54. The highest BCUT2D eigenvalue weighted by molar-refractivity contribution is 5.79. The maximum Gasteiger partial charge on any atom is 0.132 e. The topological polar surface area (TPSA) is 17.1 Å². The molecule has 1 aromatic carbocycles. The van der Waals surface area contributed by atoms with Crippen molar-refractivity contribution in [3.05, 3.63) is 35.4 Å². The zero-order valence-corrected chi connectivity index (χ0v) is 10.1. The summed E-state index contributed by atoms with van der Waals surface area (Å²) in [5, 5.41) is 0. The zero-order valence-electron chi connectivity index (χ0n) is 10.1. The van der Waals surface area contributed by atoms with Gasteiger partial charge in [-0.15, -0.1) is 0 Å². The molecule has 0 bridgehead atoms. The molecule has 1 aromatic rings. The largest absolute Gasteiger partial charge is 0.300 e. The van der Waals surface area contributed by atoms with E-state index in [9.17, 15) is 9.18 Å². The molecule has 1 nitrogen and oxygen atoms in total. The maximum atomic E-state index is 12.1. The first-order chi connectivity index (χ1) is 8.29. The number of halogens is 1. The molecule has 0 aliphatic heterocycles. The Kier molecular flexibility index (Phi) is 4.29. The van der Waals surface area contributed by atoms with Crippen molar-refractivity contribution in [2.24, 2.45) is 0 Å². The van der Waals surface area contributed by atoms with Crippen LogP contribution in [0, 0.1) is 0 Å². The minimum absolute atomic E-state index is 0.244. The van der Waals surface area contributed by atoms with Crippen molar-refractivity contribution in [1.82, 2.24) is 0 Å². The Bertz CT molecular complexity index is 359. The lowest BCUT2D eigenvalue weighted by molar-refractivity contribution is -0.120. The molecule has 0 amide bonds. The second-order valence-electron chi connectivity index (χ2n) is 4.85. The number of benzene rings is 1. The molecule has 0 radical (unpaired) electrons. The average molecular weight is 234 g/mol. The number of rotatable bonds is 4. The molecule has 92 valence electrons. The number of carbonyl (C=O) groups excluding carboxylic acids is 1. The van der Waals surface area contributed by atoms with Gasteiger partial charge in [0.15, 0.2) is 0 Å². The summed E-state index contributed by atoms with van der Waals surface area (Å²) in [7, 11) is 0. The van der Waals surface area contributed by atoms with Crippen molar-refractivity contribution in [2.75, 3.05) is 6.67 Å². The van der Waals surface area contributed by atoms with Crippen molar-refractivity contribution >= 4 is 5.78 Å². The molecule has 0 heterocycles. The average Bonchev–Trinajstić information content (AvgIpc) is 2.38. The lowest BCUT2D eigenvalue weighted by atomic mass is 9.83. The van der Waals surface area contributed by atoms with Gasteiger partial charge >= 0.3 is 0 Å². The van der Waals surface area contributed by atoms with Crippen molar-refractivity contribution in [2.45, 2.75) is 44.4 Å². The van der Waals surface area contributed by atoms with Gasteiger partial charge in [-0.2, -0.15) is 0 Å². The van der Waals surface area contributed by atoms with Gasteiger partial charge in [0.05, 0.1) is 6.67 Å². The molecule has 0 N–H and O–H groups in total. The standard InChI is InChI=1S/C15H19FO/c16-11-1-2-12-3-5-13(6-4-12)14-7-9-15(17)10-8-14/h3-6,14H,1-2,7-11H2.